The summed E-state index contributed by atoms with van der Waals surface area (Å²) in [5.41, 5.74) is 2.52. The molecule has 5 nitrogen and oxygen atoms in total. The second-order valence-corrected chi connectivity index (χ2v) is 5.86. The Bertz CT molecular complexity index is 730. The highest BCUT2D eigenvalue weighted by atomic mass is 16.3. The third-order valence-corrected chi connectivity index (χ3v) is 4.20. The van der Waals surface area contributed by atoms with Crippen LogP contribution in [0.25, 0.3) is 0 Å². The molecule has 3 rings (SSSR count). The number of fused-ring (bicyclic) bond motifs is 1. The number of para-hydroxylation sites is 1. The molecule has 0 radical (unpaired) electrons. The highest BCUT2D eigenvalue weighted by Crippen LogP contribution is 2.33. The minimum absolute atomic E-state index is 0.112. The van der Waals surface area contributed by atoms with Crippen molar-refractivity contribution in [2.45, 2.75) is 18.9 Å². The number of benzene rings is 2. The van der Waals surface area contributed by atoms with Crippen molar-refractivity contribution in [2.24, 2.45) is 0 Å². The number of amides is 2. The summed E-state index contributed by atoms with van der Waals surface area (Å²) in [6.07, 6.45) is 0.132. The molecule has 2 N–H and O–H groups in total. The van der Waals surface area contributed by atoms with Gasteiger partial charge >= 0.3 is 0 Å². The largest absolute Gasteiger partial charge is 0.395 e. The van der Waals surface area contributed by atoms with E-state index < -0.39 is 5.92 Å². The maximum absolute atomic E-state index is 13.0. The lowest BCUT2D eigenvalue weighted by Crippen LogP contribution is -2.39. The van der Waals surface area contributed by atoms with Crippen LogP contribution in [0, 0.1) is 0 Å². The van der Waals surface area contributed by atoms with Gasteiger partial charge in [0.25, 0.3) is 0 Å². The molecular formula is C19H20N2O3. The van der Waals surface area contributed by atoms with Gasteiger partial charge in [-0.2, -0.15) is 0 Å². The maximum Gasteiger partial charge on any atom is 0.231 e. The first-order chi connectivity index (χ1) is 11.7. The van der Waals surface area contributed by atoms with Gasteiger partial charge in [0.2, 0.25) is 11.8 Å². The van der Waals surface area contributed by atoms with Crippen LogP contribution >= 0.6 is 0 Å². The maximum atomic E-state index is 13.0. The van der Waals surface area contributed by atoms with Crippen LogP contribution in [0.5, 0.6) is 0 Å². The van der Waals surface area contributed by atoms with Gasteiger partial charge in [-0.25, -0.2) is 0 Å². The Hall–Kier alpha value is -2.66. The van der Waals surface area contributed by atoms with Crippen LogP contribution < -0.4 is 5.32 Å². The van der Waals surface area contributed by atoms with Gasteiger partial charge in [-0.3, -0.25) is 9.59 Å². The fourth-order valence-electron chi connectivity index (χ4n) is 3.04. The van der Waals surface area contributed by atoms with E-state index in [-0.39, 0.29) is 31.4 Å². The summed E-state index contributed by atoms with van der Waals surface area (Å²) in [6.45, 7) is 0.549. The highest BCUT2D eigenvalue weighted by Gasteiger charge is 2.33. The van der Waals surface area contributed by atoms with Crippen molar-refractivity contribution in [2.75, 3.05) is 18.5 Å². The number of carbonyl (C=O) groups is 2. The summed E-state index contributed by atoms with van der Waals surface area (Å²) in [5, 5.41) is 12.1. The summed E-state index contributed by atoms with van der Waals surface area (Å²) in [4.78, 5) is 26.6. The van der Waals surface area contributed by atoms with E-state index in [1.165, 1.54) is 0 Å². The van der Waals surface area contributed by atoms with Gasteiger partial charge in [-0.1, -0.05) is 48.5 Å². The third kappa shape index (κ3) is 3.46. The average molecular weight is 324 g/mol. The summed E-state index contributed by atoms with van der Waals surface area (Å²) in [6, 6.07) is 17.0. The molecule has 0 aliphatic carbocycles. The topological polar surface area (TPSA) is 69.6 Å². The molecule has 2 aromatic rings. The van der Waals surface area contributed by atoms with Crippen LogP contribution in [0.2, 0.25) is 0 Å². The fourth-order valence-corrected chi connectivity index (χ4v) is 3.04. The normalized spacial score (nSPS) is 16.2. The Balaban J connectivity index is 1.86. The lowest BCUT2D eigenvalue weighted by Gasteiger charge is -2.30. The molecular weight excluding hydrogens is 304 g/mol. The smallest absolute Gasteiger partial charge is 0.231 e. The van der Waals surface area contributed by atoms with E-state index in [1.54, 1.807) is 11.0 Å². The lowest BCUT2D eigenvalue weighted by molar-refractivity contribution is -0.136. The van der Waals surface area contributed by atoms with Crippen LogP contribution in [-0.4, -0.2) is 35.0 Å². The van der Waals surface area contributed by atoms with Gasteiger partial charge in [0, 0.05) is 25.2 Å². The van der Waals surface area contributed by atoms with Crippen molar-refractivity contribution in [3.05, 3.63) is 65.7 Å². The zero-order valence-corrected chi connectivity index (χ0v) is 13.3. The molecule has 0 spiro atoms. The van der Waals surface area contributed by atoms with E-state index in [0.29, 0.717) is 12.2 Å². The van der Waals surface area contributed by atoms with Crippen molar-refractivity contribution in [3.63, 3.8) is 0 Å². The third-order valence-electron chi connectivity index (χ3n) is 4.20. The van der Waals surface area contributed by atoms with Crippen LogP contribution in [0.3, 0.4) is 0 Å². The number of anilines is 1. The molecule has 0 aromatic heterocycles. The number of hydrogen-bond acceptors (Lipinski definition) is 3. The molecule has 2 amide bonds. The molecule has 5 heteroatoms. The summed E-state index contributed by atoms with van der Waals surface area (Å²) >= 11 is 0. The van der Waals surface area contributed by atoms with Crippen molar-refractivity contribution in [3.8, 4) is 0 Å². The summed E-state index contributed by atoms with van der Waals surface area (Å²) in [7, 11) is 0. The quantitative estimate of drug-likeness (QED) is 0.885. The zero-order chi connectivity index (χ0) is 16.9. The zero-order valence-electron chi connectivity index (χ0n) is 13.3. The van der Waals surface area contributed by atoms with E-state index in [1.807, 2.05) is 48.5 Å². The molecule has 1 heterocycles. The average Bonchev–Trinajstić information content (AvgIpc) is 2.61. The first-order valence-corrected chi connectivity index (χ1v) is 8.01. The predicted octanol–water partition coefficient (Wildman–Crippen LogP) is 2.13. The Morgan fingerprint density at radius 1 is 1.12 bits per heavy atom. The molecule has 124 valence electrons. The molecule has 0 saturated heterocycles. The van der Waals surface area contributed by atoms with Crippen LogP contribution in [0.15, 0.2) is 54.6 Å². The molecule has 2 aromatic carbocycles. The van der Waals surface area contributed by atoms with Gasteiger partial charge in [0.05, 0.1) is 12.5 Å². The summed E-state index contributed by atoms with van der Waals surface area (Å²) in [5.74, 6) is -0.795. The van der Waals surface area contributed by atoms with Gasteiger partial charge in [-0.05, 0) is 17.2 Å². The number of nitrogens with zero attached hydrogens (tertiary/aromatic N) is 1. The minimum atomic E-state index is -0.509. The first kappa shape index (κ1) is 16.2. The molecule has 1 atom stereocenters. The molecule has 0 fully saturated rings. The van der Waals surface area contributed by atoms with Gasteiger partial charge in [0.1, 0.15) is 0 Å². The summed E-state index contributed by atoms with van der Waals surface area (Å²) < 4.78 is 0. The van der Waals surface area contributed by atoms with Crippen molar-refractivity contribution in [1.82, 2.24) is 4.90 Å². The number of aliphatic hydroxyl groups excluding tert-OH is 1. The number of carbonyl (C=O) groups excluding carboxylic acids is 2. The Labute approximate surface area is 140 Å². The number of rotatable bonds is 5. The van der Waals surface area contributed by atoms with Crippen LogP contribution in [-0.2, 0) is 16.1 Å². The molecule has 1 unspecified atom stereocenters. The standard InChI is InChI=1S/C19H20N2O3/c22-11-10-21(13-14-6-2-1-3-7-14)19(24)16-12-18(23)20-17-9-5-4-8-15(16)17/h1-9,16,22H,10-13H2,(H,20,23). The van der Waals surface area contributed by atoms with E-state index in [4.69, 9.17) is 0 Å². The van der Waals surface area contributed by atoms with E-state index >= 15 is 0 Å². The lowest BCUT2D eigenvalue weighted by atomic mass is 9.89. The van der Waals surface area contributed by atoms with Gasteiger partial charge < -0.3 is 15.3 Å². The second-order valence-electron chi connectivity index (χ2n) is 5.86. The molecule has 1 aliphatic rings. The van der Waals surface area contributed by atoms with E-state index in [2.05, 4.69) is 5.32 Å². The first-order valence-electron chi connectivity index (χ1n) is 8.01. The molecule has 24 heavy (non-hydrogen) atoms. The van der Waals surface area contributed by atoms with Crippen LogP contribution in [0.1, 0.15) is 23.5 Å². The van der Waals surface area contributed by atoms with Crippen molar-refractivity contribution >= 4 is 17.5 Å². The SMILES string of the molecule is O=C1CC(C(=O)N(CCO)Cc2ccccc2)c2ccccc2N1. The van der Waals surface area contributed by atoms with E-state index in [0.717, 1.165) is 11.1 Å². The highest BCUT2D eigenvalue weighted by molar-refractivity contribution is 6.01. The van der Waals surface area contributed by atoms with Crippen LogP contribution in [0.4, 0.5) is 5.69 Å². The predicted molar refractivity (Wildman–Crippen MR) is 91.4 cm³/mol. The molecule has 1 aliphatic heterocycles. The minimum Gasteiger partial charge on any atom is -0.395 e. The van der Waals surface area contributed by atoms with E-state index in [9.17, 15) is 14.7 Å². The van der Waals surface area contributed by atoms with Crippen molar-refractivity contribution < 1.29 is 14.7 Å². The molecule has 0 bridgehead atoms. The Kier molecular flexibility index (Phi) is 4.91. The molecule has 0 saturated carbocycles. The van der Waals surface area contributed by atoms with Crippen molar-refractivity contribution in [1.29, 1.82) is 0 Å². The monoisotopic (exact) mass is 324 g/mol. The number of hydrogen-bond donors (Lipinski definition) is 2. The van der Waals surface area contributed by atoms with Gasteiger partial charge in [-0.15, -0.1) is 0 Å². The second kappa shape index (κ2) is 7.27. The Morgan fingerprint density at radius 2 is 1.83 bits per heavy atom. The number of nitrogens with one attached hydrogen (secondary N) is 1. The fraction of sp³-hybridized carbons (Fsp3) is 0.263. The van der Waals surface area contributed by atoms with Gasteiger partial charge in [0.15, 0.2) is 0 Å². The number of aliphatic hydroxyl groups is 1. The Morgan fingerprint density at radius 3 is 2.58 bits per heavy atom.